The van der Waals surface area contributed by atoms with Crippen LogP contribution < -0.4 is 4.90 Å². The fraction of sp³-hybridized carbons (Fsp3) is 0.455. The van der Waals surface area contributed by atoms with Crippen molar-refractivity contribution >= 4 is 34.5 Å². The highest BCUT2D eigenvalue weighted by Crippen LogP contribution is 2.17. The van der Waals surface area contributed by atoms with Crippen molar-refractivity contribution in [3.63, 3.8) is 0 Å². The number of anilines is 1. The monoisotopic (exact) mass is 334 g/mol. The van der Waals surface area contributed by atoms with Gasteiger partial charge in [-0.1, -0.05) is 6.92 Å². The van der Waals surface area contributed by atoms with E-state index < -0.39 is 0 Å². The summed E-state index contributed by atoms with van der Waals surface area (Å²) in [4.78, 5) is 17.4. The molecule has 4 nitrogen and oxygen atoms in total. The summed E-state index contributed by atoms with van der Waals surface area (Å²) in [5.74, 6) is 0.645. The first-order valence-corrected chi connectivity index (χ1v) is 6.22. The van der Waals surface area contributed by atoms with Crippen molar-refractivity contribution in [1.29, 1.82) is 0 Å². The molecule has 1 rings (SSSR count). The number of aromatic nitrogens is 1. The molecule has 0 N–H and O–H groups in total. The second kappa shape index (κ2) is 6.03. The third-order valence-corrected chi connectivity index (χ3v) is 3.21. The molecule has 0 bridgehead atoms. The topological polar surface area (TPSA) is 42.4 Å². The molecule has 0 aliphatic carbocycles. The van der Waals surface area contributed by atoms with Crippen LogP contribution in [-0.4, -0.2) is 24.7 Å². The molecule has 16 heavy (non-hydrogen) atoms. The normalized spacial score (nSPS) is 10.0. The molecule has 0 unspecified atom stereocenters. The average Bonchev–Trinajstić information content (AvgIpc) is 2.31. The minimum absolute atomic E-state index is 0.377. The lowest BCUT2D eigenvalue weighted by Gasteiger charge is -2.18. The molecular weight excluding hydrogens is 319 g/mol. The molecule has 1 heterocycles. The van der Waals surface area contributed by atoms with Crippen molar-refractivity contribution in [1.82, 2.24) is 4.98 Å². The van der Waals surface area contributed by atoms with Crippen LogP contribution in [0.4, 0.5) is 10.6 Å². The van der Waals surface area contributed by atoms with Gasteiger partial charge >= 0.3 is 6.09 Å². The zero-order valence-corrected chi connectivity index (χ0v) is 11.8. The fourth-order valence-corrected chi connectivity index (χ4v) is 2.05. The Morgan fingerprint density at radius 2 is 2.19 bits per heavy atom. The van der Waals surface area contributed by atoms with Gasteiger partial charge in [0.1, 0.15) is 5.82 Å². The molecule has 0 spiro atoms. The summed E-state index contributed by atoms with van der Waals surface area (Å²) in [5, 5.41) is 0. The standard InChI is InChI=1S/C11H15IN2O2/c1-4-9-8(12)6-7-10(13-9)14(5-2)11(15)16-3/h6-7H,4-5H2,1-3H3. The Labute approximate surface area is 109 Å². The number of pyridine rings is 1. The number of carbonyl (C=O) groups excluding carboxylic acids is 1. The van der Waals surface area contributed by atoms with Crippen molar-refractivity contribution in [3.05, 3.63) is 21.4 Å². The summed E-state index contributed by atoms with van der Waals surface area (Å²) in [7, 11) is 1.37. The van der Waals surface area contributed by atoms with Gasteiger partial charge in [0.05, 0.1) is 12.8 Å². The summed E-state index contributed by atoms with van der Waals surface area (Å²) < 4.78 is 5.82. The van der Waals surface area contributed by atoms with E-state index in [4.69, 9.17) is 4.74 Å². The lowest BCUT2D eigenvalue weighted by molar-refractivity contribution is 0.179. The van der Waals surface area contributed by atoms with Crippen molar-refractivity contribution in [2.75, 3.05) is 18.6 Å². The van der Waals surface area contributed by atoms with E-state index in [9.17, 15) is 4.79 Å². The first-order valence-electron chi connectivity index (χ1n) is 5.14. The number of rotatable bonds is 3. The van der Waals surface area contributed by atoms with Crippen molar-refractivity contribution < 1.29 is 9.53 Å². The number of halogens is 1. The summed E-state index contributed by atoms with van der Waals surface area (Å²) in [6, 6.07) is 3.80. The maximum absolute atomic E-state index is 11.5. The molecule has 1 aromatic heterocycles. The van der Waals surface area contributed by atoms with E-state index in [0.29, 0.717) is 12.4 Å². The minimum Gasteiger partial charge on any atom is -0.452 e. The Morgan fingerprint density at radius 3 is 2.69 bits per heavy atom. The van der Waals surface area contributed by atoms with Crippen LogP contribution >= 0.6 is 22.6 Å². The molecule has 0 saturated carbocycles. The quantitative estimate of drug-likeness (QED) is 0.799. The first-order chi connectivity index (χ1) is 7.63. The predicted molar refractivity (Wildman–Crippen MR) is 71.8 cm³/mol. The third kappa shape index (κ3) is 2.84. The van der Waals surface area contributed by atoms with Crippen molar-refractivity contribution in [2.45, 2.75) is 20.3 Å². The molecular formula is C11H15IN2O2. The summed E-state index contributed by atoms with van der Waals surface area (Å²) in [5.41, 5.74) is 1.00. The van der Waals surface area contributed by atoms with Gasteiger partial charge in [0.25, 0.3) is 0 Å². The summed E-state index contributed by atoms with van der Waals surface area (Å²) in [6.45, 7) is 4.48. The Morgan fingerprint density at radius 1 is 1.50 bits per heavy atom. The van der Waals surface area contributed by atoms with E-state index in [1.807, 2.05) is 26.0 Å². The van der Waals surface area contributed by atoms with Crippen LogP contribution in [0.15, 0.2) is 12.1 Å². The first kappa shape index (κ1) is 13.2. The van der Waals surface area contributed by atoms with Crippen LogP contribution in [0.1, 0.15) is 19.5 Å². The maximum Gasteiger partial charge on any atom is 0.415 e. The van der Waals surface area contributed by atoms with Gasteiger partial charge in [-0.15, -0.1) is 0 Å². The molecule has 0 atom stereocenters. The zero-order chi connectivity index (χ0) is 12.1. The van der Waals surface area contributed by atoms with Crippen LogP contribution in [0.2, 0.25) is 0 Å². The number of amides is 1. The SMILES string of the molecule is CCc1nc(N(CC)C(=O)OC)ccc1I. The molecule has 1 aromatic rings. The van der Waals surface area contributed by atoms with E-state index in [1.54, 1.807) is 0 Å². The van der Waals surface area contributed by atoms with Gasteiger partial charge in [0, 0.05) is 10.1 Å². The molecule has 0 fully saturated rings. The Balaban J connectivity index is 3.06. The van der Waals surface area contributed by atoms with Gasteiger partial charge in [-0.3, -0.25) is 4.90 Å². The molecule has 0 aliphatic rings. The molecule has 0 radical (unpaired) electrons. The number of ether oxygens (including phenoxy) is 1. The second-order valence-electron chi connectivity index (χ2n) is 3.17. The molecule has 0 aliphatic heterocycles. The number of hydrogen-bond donors (Lipinski definition) is 0. The summed E-state index contributed by atoms with van der Waals surface area (Å²) >= 11 is 2.24. The Bertz CT molecular complexity index is 382. The van der Waals surface area contributed by atoms with E-state index >= 15 is 0 Å². The predicted octanol–water partition coefficient (Wildman–Crippen LogP) is 2.84. The maximum atomic E-state index is 11.5. The van der Waals surface area contributed by atoms with Crippen LogP contribution in [-0.2, 0) is 11.2 Å². The van der Waals surface area contributed by atoms with Crippen molar-refractivity contribution in [3.8, 4) is 0 Å². The largest absolute Gasteiger partial charge is 0.452 e. The average molecular weight is 334 g/mol. The molecule has 1 amide bonds. The number of hydrogen-bond acceptors (Lipinski definition) is 3. The lowest BCUT2D eigenvalue weighted by Crippen LogP contribution is -2.31. The Hall–Kier alpha value is -0.850. The minimum atomic E-state index is -0.377. The van der Waals surface area contributed by atoms with E-state index in [-0.39, 0.29) is 6.09 Å². The van der Waals surface area contributed by atoms with Gasteiger partial charge in [-0.25, -0.2) is 9.78 Å². The van der Waals surface area contributed by atoms with Crippen molar-refractivity contribution in [2.24, 2.45) is 0 Å². The number of carbonyl (C=O) groups is 1. The highest BCUT2D eigenvalue weighted by Gasteiger charge is 2.16. The lowest BCUT2D eigenvalue weighted by atomic mass is 10.3. The van der Waals surface area contributed by atoms with Gasteiger partial charge in [0.15, 0.2) is 0 Å². The Kier molecular flexibility index (Phi) is 4.98. The van der Waals surface area contributed by atoms with Gasteiger partial charge in [-0.05, 0) is 48.1 Å². The van der Waals surface area contributed by atoms with Crippen LogP contribution in [0, 0.1) is 3.57 Å². The van der Waals surface area contributed by atoms with Crippen LogP contribution in [0.3, 0.4) is 0 Å². The number of aryl methyl sites for hydroxylation is 1. The van der Waals surface area contributed by atoms with Gasteiger partial charge < -0.3 is 4.74 Å². The second-order valence-corrected chi connectivity index (χ2v) is 4.33. The third-order valence-electron chi connectivity index (χ3n) is 2.23. The molecule has 88 valence electrons. The smallest absolute Gasteiger partial charge is 0.415 e. The fourth-order valence-electron chi connectivity index (χ4n) is 1.37. The zero-order valence-electron chi connectivity index (χ0n) is 9.66. The highest BCUT2D eigenvalue weighted by molar-refractivity contribution is 14.1. The van der Waals surface area contributed by atoms with Gasteiger partial charge in [-0.2, -0.15) is 0 Å². The number of methoxy groups -OCH3 is 1. The van der Waals surface area contributed by atoms with E-state index in [1.165, 1.54) is 12.0 Å². The highest BCUT2D eigenvalue weighted by atomic mass is 127. The molecule has 0 saturated heterocycles. The molecule has 5 heteroatoms. The van der Waals surface area contributed by atoms with Crippen LogP contribution in [0.5, 0.6) is 0 Å². The van der Waals surface area contributed by atoms with E-state index in [0.717, 1.165) is 15.7 Å². The van der Waals surface area contributed by atoms with Crippen LogP contribution in [0.25, 0.3) is 0 Å². The van der Waals surface area contributed by atoms with Gasteiger partial charge in [0.2, 0.25) is 0 Å². The molecule has 0 aromatic carbocycles. The summed E-state index contributed by atoms with van der Waals surface area (Å²) in [6.07, 6.45) is 0.475. The van der Waals surface area contributed by atoms with E-state index in [2.05, 4.69) is 27.6 Å². The number of nitrogens with zero attached hydrogens (tertiary/aromatic N) is 2.